The number of fused-ring (bicyclic) bond motifs is 1. The van der Waals surface area contributed by atoms with Gasteiger partial charge in [-0.1, -0.05) is 128 Å². The lowest BCUT2D eigenvalue weighted by molar-refractivity contribution is 0.395. The van der Waals surface area contributed by atoms with E-state index in [0.29, 0.717) is 5.92 Å². The Hall–Kier alpha value is -1.39. The maximum absolute atomic E-state index is 12.1. The summed E-state index contributed by atoms with van der Waals surface area (Å²) in [5, 5.41) is 0. The lowest BCUT2D eigenvalue weighted by Gasteiger charge is -2.32. The summed E-state index contributed by atoms with van der Waals surface area (Å²) >= 11 is 0. The SMILES string of the molecule is CCCCCCCCCC1(C)C=C2C=CC(C)(S(=O)(=O)O)C=C/C2=C/C(C)(CC(C)C)/C=C\1. The highest BCUT2D eigenvalue weighted by Crippen LogP contribution is 2.41. The standard InChI is InChI=1S/C29H46O3S/c1-7-8-9-10-11-12-13-16-27(4)19-20-28(5,21-24(2)3)23-26-15-18-29(6,33(30,31)32)17-14-25(26)22-27/h14-15,17-20,22-24H,7-13,16,21H2,1-6H3,(H,30,31,32)/b20-19-,25-22?,26-23-. The van der Waals surface area contributed by atoms with E-state index < -0.39 is 14.9 Å². The van der Waals surface area contributed by atoms with Crippen LogP contribution in [0, 0.1) is 16.7 Å². The maximum Gasteiger partial charge on any atom is 0.277 e. The first kappa shape index (κ1) is 27.9. The second-order valence-corrected chi connectivity index (χ2v) is 13.2. The first-order chi connectivity index (χ1) is 15.3. The second-order valence-electron chi connectivity index (χ2n) is 11.3. The zero-order valence-corrected chi connectivity index (χ0v) is 22.5. The Morgan fingerprint density at radius 3 is 1.79 bits per heavy atom. The van der Waals surface area contributed by atoms with E-state index in [9.17, 15) is 13.0 Å². The zero-order valence-electron chi connectivity index (χ0n) is 21.7. The Bertz CT molecular complexity index is 919. The van der Waals surface area contributed by atoms with Crippen LogP contribution in [0.1, 0.15) is 99.3 Å². The normalized spacial score (nSPS) is 32.4. The van der Waals surface area contributed by atoms with E-state index >= 15 is 0 Å². The number of allylic oxidation sites excluding steroid dienone is 8. The number of rotatable bonds is 11. The molecule has 0 aromatic carbocycles. The summed E-state index contributed by atoms with van der Waals surface area (Å²) in [7, 11) is -4.26. The van der Waals surface area contributed by atoms with Crippen molar-refractivity contribution in [3.05, 3.63) is 59.8 Å². The van der Waals surface area contributed by atoms with Gasteiger partial charge in [-0.3, -0.25) is 4.55 Å². The Labute approximate surface area is 203 Å². The van der Waals surface area contributed by atoms with Gasteiger partial charge >= 0.3 is 0 Å². The van der Waals surface area contributed by atoms with Crippen molar-refractivity contribution in [2.45, 2.75) is 104 Å². The Kier molecular flexibility index (Phi) is 9.59. The molecular weight excluding hydrogens is 428 g/mol. The fourth-order valence-electron chi connectivity index (χ4n) is 5.01. The van der Waals surface area contributed by atoms with Gasteiger partial charge in [0.05, 0.1) is 0 Å². The summed E-state index contributed by atoms with van der Waals surface area (Å²) in [5.41, 5.74) is 1.83. The molecule has 2 aliphatic carbocycles. The quantitative estimate of drug-likeness (QED) is 0.186. The van der Waals surface area contributed by atoms with Crippen molar-refractivity contribution in [1.82, 2.24) is 0 Å². The number of hydrogen-bond acceptors (Lipinski definition) is 2. The Balaban J connectivity index is 2.38. The van der Waals surface area contributed by atoms with E-state index in [-0.39, 0.29) is 10.8 Å². The van der Waals surface area contributed by atoms with Gasteiger partial charge in [0.1, 0.15) is 4.75 Å². The molecule has 0 saturated heterocycles. The molecule has 0 aliphatic heterocycles. The van der Waals surface area contributed by atoms with Gasteiger partial charge in [-0.2, -0.15) is 8.42 Å². The Morgan fingerprint density at radius 2 is 1.27 bits per heavy atom. The molecule has 0 bridgehead atoms. The summed E-state index contributed by atoms with van der Waals surface area (Å²) in [5.74, 6) is 0.533. The predicted molar refractivity (Wildman–Crippen MR) is 142 cm³/mol. The third kappa shape index (κ3) is 8.10. The predicted octanol–water partition coefficient (Wildman–Crippen LogP) is 8.38. The van der Waals surface area contributed by atoms with Crippen LogP contribution in [-0.2, 0) is 10.1 Å². The van der Waals surface area contributed by atoms with Gasteiger partial charge in [0.2, 0.25) is 0 Å². The molecule has 0 aromatic heterocycles. The molecule has 186 valence electrons. The third-order valence-electron chi connectivity index (χ3n) is 7.06. The third-order valence-corrected chi connectivity index (χ3v) is 8.44. The van der Waals surface area contributed by atoms with Crippen LogP contribution in [-0.4, -0.2) is 17.7 Å². The fourth-order valence-corrected chi connectivity index (χ4v) is 5.49. The average molecular weight is 475 g/mol. The topological polar surface area (TPSA) is 54.4 Å². The minimum Gasteiger partial charge on any atom is -0.285 e. The van der Waals surface area contributed by atoms with Crippen molar-refractivity contribution in [1.29, 1.82) is 0 Å². The van der Waals surface area contributed by atoms with Gasteiger partial charge < -0.3 is 0 Å². The smallest absolute Gasteiger partial charge is 0.277 e. The van der Waals surface area contributed by atoms with Crippen molar-refractivity contribution in [2.24, 2.45) is 16.7 Å². The minimum atomic E-state index is -4.26. The molecule has 3 unspecified atom stereocenters. The van der Waals surface area contributed by atoms with Gasteiger partial charge in [-0.25, -0.2) is 0 Å². The van der Waals surface area contributed by atoms with E-state index in [0.717, 1.165) is 24.0 Å². The molecule has 0 amide bonds. The van der Waals surface area contributed by atoms with E-state index in [4.69, 9.17) is 0 Å². The molecule has 1 N–H and O–H groups in total. The molecule has 0 heterocycles. The van der Waals surface area contributed by atoms with E-state index in [1.165, 1.54) is 44.9 Å². The van der Waals surface area contributed by atoms with E-state index in [1.54, 1.807) is 19.1 Å². The molecule has 33 heavy (non-hydrogen) atoms. The maximum atomic E-state index is 12.1. The highest BCUT2D eigenvalue weighted by atomic mass is 32.2. The average Bonchev–Trinajstić information content (AvgIpc) is 2.85. The minimum absolute atomic E-state index is 0.104. The van der Waals surface area contributed by atoms with Crippen LogP contribution >= 0.6 is 0 Å². The Morgan fingerprint density at radius 1 is 0.788 bits per heavy atom. The van der Waals surface area contributed by atoms with Crippen LogP contribution in [0.15, 0.2) is 59.8 Å². The van der Waals surface area contributed by atoms with Crippen molar-refractivity contribution in [3.8, 4) is 0 Å². The summed E-state index contributed by atoms with van der Waals surface area (Å²) < 4.78 is 32.6. The highest BCUT2D eigenvalue weighted by Gasteiger charge is 2.35. The first-order valence-electron chi connectivity index (χ1n) is 12.8. The molecule has 0 radical (unpaired) electrons. The lowest BCUT2D eigenvalue weighted by Crippen LogP contribution is -2.29. The molecular formula is C29H46O3S. The zero-order chi connectivity index (χ0) is 24.8. The molecule has 3 atom stereocenters. The van der Waals surface area contributed by atoms with Crippen molar-refractivity contribution in [3.63, 3.8) is 0 Å². The fraction of sp³-hybridized carbons (Fsp3) is 0.655. The second kappa shape index (κ2) is 11.4. The van der Waals surface area contributed by atoms with Crippen LogP contribution in [0.2, 0.25) is 0 Å². The monoisotopic (exact) mass is 474 g/mol. The molecule has 0 aromatic rings. The van der Waals surface area contributed by atoms with Crippen LogP contribution in [0.25, 0.3) is 0 Å². The number of unbranched alkanes of at least 4 members (excludes halogenated alkanes) is 6. The van der Waals surface area contributed by atoms with Crippen molar-refractivity contribution < 1.29 is 13.0 Å². The highest BCUT2D eigenvalue weighted by molar-refractivity contribution is 7.87. The summed E-state index contributed by atoms with van der Waals surface area (Å²) in [4.78, 5) is 0. The van der Waals surface area contributed by atoms with Crippen LogP contribution in [0.4, 0.5) is 0 Å². The van der Waals surface area contributed by atoms with Gasteiger partial charge in [0.15, 0.2) is 0 Å². The molecule has 4 heteroatoms. The van der Waals surface area contributed by atoms with Gasteiger partial charge in [0, 0.05) is 10.8 Å². The van der Waals surface area contributed by atoms with Gasteiger partial charge in [-0.15, -0.1) is 0 Å². The van der Waals surface area contributed by atoms with Gasteiger partial charge in [0.25, 0.3) is 10.1 Å². The van der Waals surface area contributed by atoms with Crippen LogP contribution in [0.5, 0.6) is 0 Å². The molecule has 0 spiro atoms. The molecule has 0 saturated carbocycles. The molecule has 2 rings (SSSR count). The lowest BCUT2D eigenvalue weighted by atomic mass is 9.73. The molecule has 3 nitrogen and oxygen atoms in total. The van der Waals surface area contributed by atoms with E-state index in [1.807, 2.05) is 12.2 Å². The molecule has 2 aliphatic rings. The molecule has 0 fully saturated rings. The van der Waals surface area contributed by atoms with E-state index in [2.05, 4.69) is 58.9 Å². The summed E-state index contributed by atoms with van der Waals surface area (Å²) in [6.07, 6.45) is 27.4. The van der Waals surface area contributed by atoms with Crippen molar-refractivity contribution >= 4 is 10.1 Å². The van der Waals surface area contributed by atoms with Crippen LogP contribution < -0.4 is 0 Å². The van der Waals surface area contributed by atoms with Gasteiger partial charge in [-0.05, 0) is 36.8 Å². The summed E-state index contributed by atoms with van der Waals surface area (Å²) in [6, 6.07) is 0. The number of hydrogen-bond donors (Lipinski definition) is 1. The summed E-state index contributed by atoms with van der Waals surface area (Å²) in [6.45, 7) is 12.8. The largest absolute Gasteiger partial charge is 0.285 e. The van der Waals surface area contributed by atoms with Crippen LogP contribution in [0.3, 0.4) is 0 Å². The van der Waals surface area contributed by atoms with Crippen molar-refractivity contribution in [2.75, 3.05) is 0 Å². The first-order valence-corrected chi connectivity index (χ1v) is 14.3.